The average molecular weight is 645 g/mol. The van der Waals surface area contributed by atoms with E-state index in [0.717, 1.165) is 12.1 Å². The van der Waals surface area contributed by atoms with E-state index in [1.165, 1.54) is 30.7 Å². The first-order valence-electron chi connectivity index (χ1n) is 15.2. The smallest absolute Gasteiger partial charge is 0.228 e. The van der Waals surface area contributed by atoms with Gasteiger partial charge in [-0.25, -0.2) is 18.7 Å². The molecule has 0 spiro atoms. The number of aromatic nitrogens is 7. The lowest BCUT2D eigenvalue weighted by Crippen LogP contribution is -2.20. The Hall–Kier alpha value is -6.08. The highest BCUT2D eigenvalue weighted by molar-refractivity contribution is 5.98. The second-order valence-electron chi connectivity index (χ2n) is 11.6. The first-order valence-corrected chi connectivity index (χ1v) is 15.2. The molecular formula is C35H30F2N10O. The summed E-state index contributed by atoms with van der Waals surface area (Å²) in [6, 6.07) is 17.5. The van der Waals surface area contributed by atoms with Crippen molar-refractivity contribution in [1.82, 2.24) is 40.0 Å². The van der Waals surface area contributed by atoms with E-state index in [4.69, 9.17) is 4.98 Å². The highest BCUT2D eigenvalue weighted by Crippen LogP contribution is 2.35. The molecular weight excluding hydrogens is 614 g/mol. The molecule has 5 aromatic heterocycles. The Morgan fingerprint density at radius 2 is 1.75 bits per heavy atom. The number of halogens is 2. The average Bonchev–Trinajstić information content (AvgIpc) is 3.70. The number of anilines is 2. The molecule has 7 rings (SSSR count). The number of imidazole rings is 1. The number of pyridine rings is 3. The maximum Gasteiger partial charge on any atom is 0.228 e. The van der Waals surface area contributed by atoms with Crippen molar-refractivity contribution < 1.29 is 13.6 Å². The maximum atomic E-state index is 16.3. The monoisotopic (exact) mass is 644 g/mol. The number of H-pyrrole nitrogens is 2. The molecule has 2 aromatic carbocycles. The minimum absolute atomic E-state index is 0.0285. The first-order chi connectivity index (χ1) is 23.3. The van der Waals surface area contributed by atoms with Crippen LogP contribution < -0.4 is 10.6 Å². The van der Waals surface area contributed by atoms with E-state index >= 15 is 4.39 Å². The number of nitrogens with zero attached hydrogens (tertiary/aromatic N) is 6. The van der Waals surface area contributed by atoms with Crippen LogP contribution in [0.3, 0.4) is 0 Å². The number of aromatic amines is 2. The van der Waals surface area contributed by atoms with Gasteiger partial charge < -0.3 is 20.5 Å². The summed E-state index contributed by atoms with van der Waals surface area (Å²) >= 11 is 0. The quantitative estimate of drug-likeness (QED) is 0.141. The summed E-state index contributed by atoms with van der Waals surface area (Å²) in [5.74, 6) is -0.990. The molecule has 0 aliphatic carbocycles. The molecule has 0 fully saturated rings. The largest absolute Gasteiger partial charge is 0.384 e. The van der Waals surface area contributed by atoms with Crippen LogP contribution >= 0.6 is 0 Å². The van der Waals surface area contributed by atoms with Gasteiger partial charge in [0.15, 0.2) is 17.3 Å². The second-order valence-corrected chi connectivity index (χ2v) is 11.6. The van der Waals surface area contributed by atoms with Gasteiger partial charge in [0.2, 0.25) is 5.91 Å². The third kappa shape index (κ3) is 6.31. The first kappa shape index (κ1) is 30.6. The summed E-state index contributed by atoms with van der Waals surface area (Å²) in [5.41, 5.74) is 5.07. The zero-order valence-corrected chi connectivity index (χ0v) is 26.1. The normalized spacial score (nSPS) is 11.4. The van der Waals surface area contributed by atoms with Crippen LogP contribution in [0.2, 0.25) is 0 Å². The highest BCUT2D eigenvalue weighted by Gasteiger charge is 2.22. The fourth-order valence-electron chi connectivity index (χ4n) is 5.50. The minimum Gasteiger partial charge on any atom is -0.384 e. The fourth-order valence-corrected chi connectivity index (χ4v) is 5.50. The van der Waals surface area contributed by atoms with Crippen LogP contribution in [0.4, 0.5) is 20.2 Å². The third-order valence-electron chi connectivity index (χ3n) is 7.75. The molecule has 0 saturated carbocycles. The van der Waals surface area contributed by atoms with E-state index in [0.29, 0.717) is 51.3 Å². The minimum atomic E-state index is -0.641. The number of carbonyl (C=O) groups excluding carboxylic acids is 1. The number of carbonyl (C=O) groups is 1. The van der Waals surface area contributed by atoms with Gasteiger partial charge in [0.1, 0.15) is 22.7 Å². The number of amides is 1. The van der Waals surface area contributed by atoms with Crippen molar-refractivity contribution in [2.24, 2.45) is 0 Å². The summed E-state index contributed by atoms with van der Waals surface area (Å²) in [6.45, 7) is 1.43. The van der Waals surface area contributed by atoms with Crippen molar-refractivity contribution in [1.29, 1.82) is 0 Å². The molecule has 13 heteroatoms. The highest BCUT2D eigenvalue weighted by atomic mass is 19.1. The molecule has 0 aliphatic rings. The summed E-state index contributed by atoms with van der Waals surface area (Å²) in [6.07, 6.45) is 6.24. The lowest BCUT2D eigenvalue weighted by atomic mass is 10.0. The summed E-state index contributed by atoms with van der Waals surface area (Å²) in [7, 11) is 3.94. The molecule has 0 unspecified atom stereocenters. The maximum absolute atomic E-state index is 16.3. The summed E-state index contributed by atoms with van der Waals surface area (Å²) < 4.78 is 31.0. The van der Waals surface area contributed by atoms with Crippen LogP contribution in [-0.4, -0.2) is 73.1 Å². The van der Waals surface area contributed by atoms with E-state index in [1.54, 1.807) is 18.3 Å². The van der Waals surface area contributed by atoms with Gasteiger partial charge in [-0.1, -0.05) is 30.3 Å². The third-order valence-corrected chi connectivity index (χ3v) is 7.75. The van der Waals surface area contributed by atoms with Crippen molar-refractivity contribution in [3.63, 3.8) is 0 Å². The zero-order valence-electron chi connectivity index (χ0n) is 26.1. The van der Waals surface area contributed by atoms with Gasteiger partial charge in [0, 0.05) is 42.3 Å². The molecule has 0 radical (unpaired) electrons. The summed E-state index contributed by atoms with van der Waals surface area (Å²) in [4.78, 5) is 35.5. The topological polar surface area (TPSA) is 140 Å². The predicted octanol–water partition coefficient (Wildman–Crippen LogP) is 6.06. The number of nitrogens with one attached hydrogen (secondary N) is 4. The molecule has 5 heterocycles. The molecule has 0 bridgehead atoms. The van der Waals surface area contributed by atoms with Gasteiger partial charge >= 0.3 is 0 Å². The van der Waals surface area contributed by atoms with Crippen LogP contribution in [0.5, 0.6) is 0 Å². The van der Waals surface area contributed by atoms with Crippen molar-refractivity contribution in [2.75, 3.05) is 37.8 Å². The van der Waals surface area contributed by atoms with Crippen molar-refractivity contribution in [3.05, 3.63) is 103 Å². The molecule has 240 valence electrons. The Morgan fingerprint density at radius 1 is 0.917 bits per heavy atom. The number of benzene rings is 2. The van der Waals surface area contributed by atoms with Gasteiger partial charge in [0.25, 0.3) is 0 Å². The van der Waals surface area contributed by atoms with E-state index in [-0.39, 0.29) is 34.9 Å². The van der Waals surface area contributed by atoms with Crippen LogP contribution in [0, 0.1) is 11.6 Å². The molecule has 0 aliphatic heterocycles. The van der Waals surface area contributed by atoms with Crippen molar-refractivity contribution in [3.8, 4) is 33.9 Å². The number of rotatable bonds is 10. The Kier molecular flexibility index (Phi) is 8.26. The van der Waals surface area contributed by atoms with Crippen LogP contribution in [-0.2, 0) is 11.2 Å². The van der Waals surface area contributed by atoms with Crippen LogP contribution in [0.1, 0.15) is 5.56 Å². The SMILES string of the molecule is CN(C)CCNc1cc(F)cc(-c2ccnc3[nH]c(-c4n[nH]c5cnc(-c6cncc(NC(=O)Cc7ccccc7)c6)c(F)c45)nc23)c1. The van der Waals surface area contributed by atoms with E-state index < -0.39 is 11.6 Å². The number of fused-ring (bicyclic) bond motifs is 2. The van der Waals surface area contributed by atoms with E-state index in [1.807, 2.05) is 55.4 Å². The molecule has 48 heavy (non-hydrogen) atoms. The van der Waals surface area contributed by atoms with E-state index in [9.17, 15) is 9.18 Å². The molecule has 4 N–H and O–H groups in total. The Morgan fingerprint density at radius 3 is 2.58 bits per heavy atom. The Bertz CT molecular complexity index is 2270. The molecule has 7 aromatic rings. The van der Waals surface area contributed by atoms with Gasteiger partial charge in [-0.15, -0.1) is 0 Å². The lowest BCUT2D eigenvalue weighted by molar-refractivity contribution is -0.115. The zero-order chi connectivity index (χ0) is 33.2. The molecule has 1 amide bonds. The Balaban J connectivity index is 1.21. The number of hydrogen-bond acceptors (Lipinski definition) is 8. The predicted molar refractivity (Wildman–Crippen MR) is 181 cm³/mol. The lowest BCUT2D eigenvalue weighted by Gasteiger charge is -2.12. The van der Waals surface area contributed by atoms with E-state index in [2.05, 4.69) is 40.8 Å². The van der Waals surface area contributed by atoms with Gasteiger partial charge in [-0.3, -0.25) is 19.9 Å². The fraction of sp³-hybridized carbons (Fsp3) is 0.143. The molecule has 0 atom stereocenters. The Labute approximate surface area is 273 Å². The van der Waals surface area contributed by atoms with Gasteiger partial charge in [0.05, 0.1) is 35.4 Å². The molecule has 0 saturated heterocycles. The van der Waals surface area contributed by atoms with Gasteiger partial charge in [-0.2, -0.15) is 5.10 Å². The number of likely N-dealkylation sites (N-methyl/N-ethyl adjacent to an activating group) is 1. The summed E-state index contributed by atoms with van der Waals surface area (Å²) in [5, 5.41) is 13.4. The molecule has 11 nitrogen and oxygen atoms in total. The van der Waals surface area contributed by atoms with Crippen LogP contribution in [0.15, 0.2) is 85.5 Å². The van der Waals surface area contributed by atoms with Gasteiger partial charge in [-0.05, 0) is 55.6 Å². The number of hydrogen-bond donors (Lipinski definition) is 4. The standard InChI is InChI=1S/C35H30F2N10O/c1-47(2)11-10-39-24-14-21(13-23(36)16-24)26-8-9-40-34-32(26)43-35(44-34)33-29-27(45-46-33)19-41-31(30(29)37)22-15-25(18-38-17-22)42-28(48)12-20-6-4-3-5-7-20/h3-9,13-19,39H,10-12H2,1-2H3,(H,42,48)(H,45,46)(H,40,43,44). The van der Waals surface area contributed by atoms with Crippen molar-refractivity contribution in [2.45, 2.75) is 6.42 Å². The van der Waals surface area contributed by atoms with Crippen LogP contribution in [0.25, 0.3) is 56.0 Å². The van der Waals surface area contributed by atoms with Crippen molar-refractivity contribution >= 4 is 39.3 Å². The second kappa shape index (κ2) is 13.0.